The molecule has 1 aromatic carbocycles. The Morgan fingerprint density at radius 2 is 2.06 bits per heavy atom. The smallest absolute Gasteiger partial charge is 0.0395 e. The lowest BCUT2D eigenvalue weighted by Crippen LogP contribution is -2.36. The van der Waals surface area contributed by atoms with Gasteiger partial charge in [-0.15, -0.1) is 0 Å². The topological polar surface area (TPSA) is 29.3 Å². The maximum Gasteiger partial charge on any atom is 0.0395 e. The third kappa shape index (κ3) is 3.26. The Bertz CT molecular complexity index is 375. The van der Waals surface area contributed by atoms with Crippen molar-refractivity contribution in [2.24, 2.45) is 11.7 Å². The molecule has 0 aromatic heterocycles. The van der Waals surface area contributed by atoms with Crippen LogP contribution in [0.4, 0.5) is 5.69 Å². The van der Waals surface area contributed by atoms with Gasteiger partial charge < -0.3 is 10.6 Å². The van der Waals surface area contributed by atoms with Crippen molar-refractivity contribution >= 4 is 5.69 Å². The molecule has 0 saturated heterocycles. The Hall–Kier alpha value is -1.02. The lowest BCUT2D eigenvalue weighted by atomic mass is 9.85. The minimum atomic E-state index is 0.430. The molecule has 0 spiro atoms. The summed E-state index contributed by atoms with van der Waals surface area (Å²) in [6, 6.07) is 9.12. The first kappa shape index (κ1) is 13.4. The largest absolute Gasteiger partial charge is 0.371 e. The lowest BCUT2D eigenvalue weighted by Gasteiger charge is -2.33. The molecule has 2 heteroatoms. The highest BCUT2D eigenvalue weighted by atomic mass is 15.1. The van der Waals surface area contributed by atoms with E-state index < -0.39 is 0 Å². The first-order chi connectivity index (χ1) is 8.70. The van der Waals surface area contributed by atoms with Crippen LogP contribution in [0.5, 0.6) is 0 Å². The van der Waals surface area contributed by atoms with Crippen LogP contribution in [0.1, 0.15) is 38.2 Å². The fraction of sp³-hybridized carbons (Fsp3) is 0.625. The first-order valence-electron chi connectivity index (χ1n) is 7.27. The summed E-state index contributed by atoms with van der Waals surface area (Å²) in [5, 5.41) is 0. The van der Waals surface area contributed by atoms with Crippen LogP contribution in [0.25, 0.3) is 0 Å². The van der Waals surface area contributed by atoms with E-state index in [0.29, 0.717) is 6.04 Å². The molecule has 18 heavy (non-hydrogen) atoms. The highest BCUT2D eigenvalue weighted by Crippen LogP contribution is 2.27. The fourth-order valence-electron chi connectivity index (χ4n) is 3.13. The first-order valence-corrected chi connectivity index (χ1v) is 7.27. The number of hydrogen-bond donors (Lipinski definition) is 1. The molecule has 1 saturated carbocycles. The van der Waals surface area contributed by atoms with Crippen LogP contribution in [-0.2, 0) is 0 Å². The molecule has 0 heterocycles. The molecule has 1 aromatic rings. The molecule has 1 aliphatic rings. The molecule has 1 fully saturated rings. The molecule has 0 radical (unpaired) electrons. The van der Waals surface area contributed by atoms with Crippen LogP contribution in [-0.4, -0.2) is 19.1 Å². The molecular formula is C16H26N2. The van der Waals surface area contributed by atoms with Crippen LogP contribution in [0, 0.1) is 12.8 Å². The van der Waals surface area contributed by atoms with Crippen LogP contribution in [0.2, 0.25) is 0 Å². The number of rotatable bonds is 4. The molecule has 0 bridgehead atoms. The van der Waals surface area contributed by atoms with Crippen molar-refractivity contribution in [1.82, 2.24) is 0 Å². The van der Waals surface area contributed by atoms with E-state index in [1.54, 1.807) is 0 Å². The summed E-state index contributed by atoms with van der Waals surface area (Å²) in [5.41, 5.74) is 8.85. The van der Waals surface area contributed by atoms with Gasteiger partial charge >= 0.3 is 0 Å². The highest BCUT2D eigenvalue weighted by Gasteiger charge is 2.21. The molecule has 2 nitrogen and oxygen atoms in total. The van der Waals surface area contributed by atoms with Crippen LogP contribution < -0.4 is 10.6 Å². The SMILES string of the molecule is CCN(CC1CCCC(N)C1)c1ccccc1C. The Morgan fingerprint density at radius 3 is 2.72 bits per heavy atom. The minimum Gasteiger partial charge on any atom is -0.371 e. The van der Waals surface area contributed by atoms with Crippen molar-refractivity contribution in [3.8, 4) is 0 Å². The van der Waals surface area contributed by atoms with Gasteiger partial charge in [-0.1, -0.05) is 24.6 Å². The van der Waals surface area contributed by atoms with Crippen molar-refractivity contribution < 1.29 is 0 Å². The Kier molecular flexibility index (Phi) is 4.65. The van der Waals surface area contributed by atoms with Gasteiger partial charge in [-0.05, 0) is 50.7 Å². The third-order valence-corrected chi connectivity index (χ3v) is 4.14. The van der Waals surface area contributed by atoms with E-state index in [1.165, 1.54) is 36.9 Å². The maximum absolute atomic E-state index is 6.09. The van der Waals surface area contributed by atoms with E-state index in [-0.39, 0.29) is 0 Å². The maximum atomic E-state index is 6.09. The minimum absolute atomic E-state index is 0.430. The fourth-order valence-corrected chi connectivity index (χ4v) is 3.13. The van der Waals surface area contributed by atoms with E-state index in [1.807, 2.05) is 0 Å². The Labute approximate surface area is 111 Å². The molecule has 0 aliphatic heterocycles. The molecule has 2 atom stereocenters. The van der Waals surface area contributed by atoms with Crippen molar-refractivity contribution in [2.45, 2.75) is 45.6 Å². The van der Waals surface area contributed by atoms with E-state index in [4.69, 9.17) is 5.73 Å². The number of nitrogens with two attached hydrogens (primary N) is 1. The second-order valence-electron chi connectivity index (χ2n) is 5.62. The van der Waals surface area contributed by atoms with Gasteiger partial charge in [0.1, 0.15) is 0 Å². The van der Waals surface area contributed by atoms with E-state index in [9.17, 15) is 0 Å². The molecule has 2 unspecified atom stereocenters. The van der Waals surface area contributed by atoms with Gasteiger partial charge in [0.2, 0.25) is 0 Å². The summed E-state index contributed by atoms with van der Waals surface area (Å²) in [4.78, 5) is 2.51. The van der Waals surface area contributed by atoms with Gasteiger partial charge in [-0.3, -0.25) is 0 Å². The van der Waals surface area contributed by atoms with Gasteiger partial charge in [0.15, 0.2) is 0 Å². The zero-order valence-electron chi connectivity index (χ0n) is 11.7. The summed E-state index contributed by atoms with van der Waals surface area (Å²) in [6.07, 6.45) is 5.06. The second kappa shape index (κ2) is 6.24. The van der Waals surface area contributed by atoms with Gasteiger partial charge in [0.05, 0.1) is 0 Å². The van der Waals surface area contributed by atoms with E-state index in [0.717, 1.165) is 19.0 Å². The monoisotopic (exact) mass is 246 g/mol. The highest BCUT2D eigenvalue weighted by molar-refractivity contribution is 5.52. The van der Waals surface area contributed by atoms with Gasteiger partial charge in [0, 0.05) is 24.8 Å². The second-order valence-corrected chi connectivity index (χ2v) is 5.62. The van der Waals surface area contributed by atoms with Crippen LogP contribution >= 0.6 is 0 Å². The molecule has 0 amide bonds. The Balaban J connectivity index is 2.03. The normalized spacial score (nSPS) is 23.9. The van der Waals surface area contributed by atoms with E-state index in [2.05, 4.69) is 43.0 Å². The molecule has 2 rings (SSSR count). The Morgan fingerprint density at radius 1 is 1.28 bits per heavy atom. The zero-order valence-corrected chi connectivity index (χ0v) is 11.7. The molecule has 100 valence electrons. The third-order valence-electron chi connectivity index (χ3n) is 4.14. The van der Waals surface area contributed by atoms with Crippen molar-refractivity contribution in [1.29, 1.82) is 0 Å². The summed E-state index contributed by atoms with van der Waals surface area (Å²) in [5.74, 6) is 0.772. The summed E-state index contributed by atoms with van der Waals surface area (Å²) >= 11 is 0. The van der Waals surface area contributed by atoms with Crippen molar-refractivity contribution in [2.75, 3.05) is 18.0 Å². The number of hydrogen-bond acceptors (Lipinski definition) is 2. The summed E-state index contributed by atoms with van der Waals surface area (Å²) < 4.78 is 0. The number of benzene rings is 1. The predicted octanol–water partition coefficient (Wildman–Crippen LogP) is 3.34. The summed E-state index contributed by atoms with van der Waals surface area (Å²) in [6.45, 7) is 6.69. The molecule has 2 N–H and O–H groups in total. The standard InChI is InChI=1S/C16H26N2/c1-3-18(16-10-5-4-7-13(16)2)12-14-8-6-9-15(17)11-14/h4-5,7,10,14-15H,3,6,8-9,11-12,17H2,1-2H3. The number of anilines is 1. The van der Waals surface area contributed by atoms with Gasteiger partial charge in [-0.25, -0.2) is 0 Å². The summed E-state index contributed by atoms with van der Waals surface area (Å²) in [7, 11) is 0. The quantitative estimate of drug-likeness (QED) is 0.883. The number of nitrogens with zero attached hydrogens (tertiary/aromatic N) is 1. The van der Waals surface area contributed by atoms with Crippen molar-refractivity contribution in [3.63, 3.8) is 0 Å². The zero-order chi connectivity index (χ0) is 13.0. The van der Waals surface area contributed by atoms with Gasteiger partial charge in [0.25, 0.3) is 0 Å². The van der Waals surface area contributed by atoms with Crippen LogP contribution in [0.3, 0.4) is 0 Å². The molecular weight excluding hydrogens is 220 g/mol. The van der Waals surface area contributed by atoms with Crippen molar-refractivity contribution in [3.05, 3.63) is 29.8 Å². The van der Waals surface area contributed by atoms with E-state index >= 15 is 0 Å². The van der Waals surface area contributed by atoms with Gasteiger partial charge in [-0.2, -0.15) is 0 Å². The average Bonchev–Trinajstić information content (AvgIpc) is 2.37. The number of para-hydroxylation sites is 1. The average molecular weight is 246 g/mol. The predicted molar refractivity (Wildman–Crippen MR) is 79.0 cm³/mol. The number of aryl methyl sites for hydroxylation is 1. The molecule has 1 aliphatic carbocycles. The van der Waals surface area contributed by atoms with Crippen LogP contribution in [0.15, 0.2) is 24.3 Å². The lowest BCUT2D eigenvalue weighted by molar-refractivity contribution is 0.324.